The number of nitrogens with zero attached hydrogens (tertiary/aromatic N) is 2. The van der Waals surface area contributed by atoms with Gasteiger partial charge in [-0.3, -0.25) is 10.1 Å². The van der Waals surface area contributed by atoms with Crippen molar-refractivity contribution in [2.45, 2.75) is 57.4 Å². The maximum absolute atomic E-state index is 10.7. The van der Waals surface area contributed by atoms with Gasteiger partial charge < -0.3 is 0 Å². The first-order chi connectivity index (χ1) is 7.24. The Labute approximate surface area is 90.4 Å². The maximum atomic E-state index is 10.7. The van der Waals surface area contributed by atoms with Crippen LogP contribution in [0.5, 0.6) is 0 Å². The first kappa shape index (κ1) is 12.0. The van der Waals surface area contributed by atoms with Gasteiger partial charge >= 0.3 is 0 Å². The van der Waals surface area contributed by atoms with E-state index in [1.165, 1.54) is 0 Å². The van der Waals surface area contributed by atoms with E-state index in [9.17, 15) is 10.1 Å². The van der Waals surface area contributed by atoms with E-state index in [0.717, 1.165) is 38.5 Å². The number of hydrogen-bond acceptors (Lipinski definition) is 3. The summed E-state index contributed by atoms with van der Waals surface area (Å²) in [7, 11) is 0. The van der Waals surface area contributed by atoms with Crippen molar-refractivity contribution in [1.82, 2.24) is 0 Å². The molecule has 15 heavy (non-hydrogen) atoms. The summed E-state index contributed by atoms with van der Waals surface area (Å²) in [6.07, 6.45) is 6.99. The van der Waals surface area contributed by atoms with E-state index < -0.39 is 0 Å². The molecule has 0 aliphatic heterocycles. The van der Waals surface area contributed by atoms with Crippen molar-refractivity contribution in [1.29, 1.82) is 5.26 Å². The van der Waals surface area contributed by atoms with E-state index in [4.69, 9.17) is 5.26 Å². The lowest BCUT2D eigenvalue weighted by atomic mass is 9.92. The first-order valence-corrected chi connectivity index (χ1v) is 5.77. The Bertz CT molecular complexity index is 247. The summed E-state index contributed by atoms with van der Waals surface area (Å²) in [5.41, 5.74) is 0. The Kier molecular flexibility index (Phi) is 5.09. The molecule has 0 saturated heterocycles. The summed E-state index contributed by atoms with van der Waals surface area (Å²) in [6.45, 7) is 0. The first-order valence-electron chi connectivity index (χ1n) is 5.77. The van der Waals surface area contributed by atoms with Crippen LogP contribution in [-0.2, 0) is 0 Å². The highest BCUT2D eigenvalue weighted by molar-refractivity contribution is 4.83. The molecule has 2 atom stereocenters. The Balaban J connectivity index is 2.43. The van der Waals surface area contributed by atoms with Crippen molar-refractivity contribution in [3.05, 3.63) is 10.1 Å². The van der Waals surface area contributed by atoms with Crippen LogP contribution >= 0.6 is 0 Å². The molecule has 0 aromatic carbocycles. The lowest BCUT2D eigenvalue weighted by Crippen LogP contribution is -2.20. The highest BCUT2D eigenvalue weighted by Gasteiger charge is 2.21. The summed E-state index contributed by atoms with van der Waals surface area (Å²) in [4.78, 5) is 10.6. The predicted octanol–water partition coefficient (Wildman–Crippen LogP) is 2.91. The van der Waals surface area contributed by atoms with E-state index in [1.54, 1.807) is 0 Å². The molecule has 84 valence electrons. The van der Waals surface area contributed by atoms with Gasteiger partial charge in [-0.2, -0.15) is 5.26 Å². The molecule has 1 fully saturated rings. The number of nitro groups is 1. The van der Waals surface area contributed by atoms with Crippen molar-refractivity contribution >= 4 is 0 Å². The molecule has 0 aromatic rings. The molecule has 4 nitrogen and oxygen atoms in total. The van der Waals surface area contributed by atoms with Crippen molar-refractivity contribution in [2.24, 2.45) is 5.92 Å². The second-order valence-corrected chi connectivity index (χ2v) is 4.33. The van der Waals surface area contributed by atoms with Crippen LogP contribution < -0.4 is 0 Å². The monoisotopic (exact) mass is 210 g/mol. The molecule has 1 rings (SSSR count). The highest BCUT2D eigenvalue weighted by Crippen LogP contribution is 2.22. The van der Waals surface area contributed by atoms with Crippen LogP contribution in [0.1, 0.15) is 51.4 Å². The Hall–Kier alpha value is -1.11. The summed E-state index contributed by atoms with van der Waals surface area (Å²) >= 11 is 0. The van der Waals surface area contributed by atoms with Gasteiger partial charge in [0.25, 0.3) is 0 Å². The molecule has 0 spiro atoms. The van der Waals surface area contributed by atoms with Crippen molar-refractivity contribution in [3.63, 3.8) is 0 Å². The molecule has 1 aliphatic rings. The molecule has 0 radical (unpaired) electrons. The van der Waals surface area contributed by atoms with Crippen LogP contribution in [0, 0.1) is 27.4 Å². The zero-order valence-corrected chi connectivity index (χ0v) is 9.02. The van der Waals surface area contributed by atoms with Crippen molar-refractivity contribution in [3.8, 4) is 6.07 Å². The molecule has 0 heterocycles. The molecular formula is C11H18N2O2. The molecular weight excluding hydrogens is 192 g/mol. The van der Waals surface area contributed by atoms with Gasteiger partial charge in [0.1, 0.15) is 0 Å². The third-order valence-electron chi connectivity index (χ3n) is 3.16. The molecule has 1 aliphatic carbocycles. The van der Waals surface area contributed by atoms with E-state index in [2.05, 4.69) is 6.07 Å². The standard InChI is InChI=1S/C11H18N2O2/c12-9-10-5-2-1-3-7-11(13(14)15)8-4-6-10/h10-11H,1-8H2. The molecule has 1 saturated carbocycles. The second-order valence-electron chi connectivity index (χ2n) is 4.33. The van der Waals surface area contributed by atoms with Crippen LogP contribution in [0.2, 0.25) is 0 Å². The van der Waals surface area contributed by atoms with Gasteiger partial charge in [-0.15, -0.1) is 0 Å². The summed E-state index contributed by atoms with van der Waals surface area (Å²) < 4.78 is 0. The maximum Gasteiger partial charge on any atom is 0.213 e. The van der Waals surface area contributed by atoms with Gasteiger partial charge in [0.15, 0.2) is 0 Å². The molecule has 0 N–H and O–H groups in total. The van der Waals surface area contributed by atoms with Gasteiger partial charge in [-0.25, -0.2) is 0 Å². The average Bonchev–Trinajstić information content (AvgIpc) is 2.24. The topological polar surface area (TPSA) is 66.9 Å². The molecule has 0 bridgehead atoms. The minimum Gasteiger partial charge on any atom is -0.264 e. The molecule has 2 unspecified atom stereocenters. The average molecular weight is 210 g/mol. The van der Waals surface area contributed by atoms with Crippen LogP contribution in [0.3, 0.4) is 0 Å². The number of hydrogen-bond donors (Lipinski definition) is 0. The second kappa shape index (κ2) is 6.39. The van der Waals surface area contributed by atoms with E-state index in [-0.39, 0.29) is 16.9 Å². The molecule has 0 amide bonds. The lowest BCUT2D eigenvalue weighted by Gasteiger charge is -2.14. The summed E-state index contributed by atoms with van der Waals surface area (Å²) in [6, 6.07) is 1.92. The fourth-order valence-electron chi connectivity index (χ4n) is 2.18. The Morgan fingerprint density at radius 3 is 2.33 bits per heavy atom. The van der Waals surface area contributed by atoms with Gasteiger partial charge in [-0.1, -0.05) is 12.8 Å². The molecule has 4 heteroatoms. The fourth-order valence-corrected chi connectivity index (χ4v) is 2.18. The fraction of sp³-hybridized carbons (Fsp3) is 0.909. The molecule has 0 aromatic heterocycles. The Morgan fingerprint density at radius 1 is 1.07 bits per heavy atom. The summed E-state index contributed by atoms with van der Waals surface area (Å²) in [5.74, 6) is 0.121. The van der Waals surface area contributed by atoms with E-state index in [1.807, 2.05) is 0 Å². The van der Waals surface area contributed by atoms with Crippen LogP contribution in [0.4, 0.5) is 0 Å². The van der Waals surface area contributed by atoms with Gasteiger partial charge in [0, 0.05) is 23.7 Å². The predicted molar refractivity (Wildman–Crippen MR) is 56.8 cm³/mol. The summed E-state index contributed by atoms with van der Waals surface area (Å²) in [5, 5.41) is 19.6. The number of nitriles is 1. The van der Waals surface area contributed by atoms with Crippen LogP contribution in [0.15, 0.2) is 0 Å². The third-order valence-corrected chi connectivity index (χ3v) is 3.16. The smallest absolute Gasteiger partial charge is 0.213 e. The van der Waals surface area contributed by atoms with Crippen molar-refractivity contribution in [2.75, 3.05) is 0 Å². The number of rotatable bonds is 1. The zero-order valence-electron chi connectivity index (χ0n) is 9.02. The van der Waals surface area contributed by atoms with Gasteiger partial charge in [-0.05, 0) is 25.7 Å². The Morgan fingerprint density at radius 2 is 1.67 bits per heavy atom. The van der Waals surface area contributed by atoms with Gasteiger partial charge in [0.05, 0.1) is 6.07 Å². The minimum atomic E-state index is -0.373. The van der Waals surface area contributed by atoms with Crippen LogP contribution in [-0.4, -0.2) is 11.0 Å². The highest BCUT2D eigenvalue weighted by atomic mass is 16.6. The largest absolute Gasteiger partial charge is 0.264 e. The quantitative estimate of drug-likeness (QED) is 0.493. The normalized spacial score (nSPS) is 29.0. The zero-order chi connectivity index (χ0) is 11.1. The minimum absolute atomic E-state index is 0.121. The van der Waals surface area contributed by atoms with Crippen LogP contribution in [0.25, 0.3) is 0 Å². The SMILES string of the molecule is N#CC1CCCCCC([N+](=O)[O-])CCC1. The third kappa shape index (κ3) is 4.28. The van der Waals surface area contributed by atoms with E-state index >= 15 is 0 Å². The lowest BCUT2D eigenvalue weighted by molar-refractivity contribution is -0.524. The van der Waals surface area contributed by atoms with Gasteiger partial charge in [0.2, 0.25) is 6.04 Å². The van der Waals surface area contributed by atoms with Crippen molar-refractivity contribution < 1.29 is 4.92 Å². The van der Waals surface area contributed by atoms with E-state index in [0.29, 0.717) is 12.8 Å².